The first-order valence-electron chi connectivity index (χ1n) is 8.24. The minimum absolute atomic E-state index is 0.185. The number of sulfonamides is 1. The summed E-state index contributed by atoms with van der Waals surface area (Å²) in [7, 11) is -2.38. The molecule has 8 heteroatoms. The molecule has 0 bridgehead atoms. The molecule has 140 valence electrons. The van der Waals surface area contributed by atoms with Gasteiger partial charge in [0.2, 0.25) is 0 Å². The first kappa shape index (κ1) is 18.6. The average Bonchev–Trinajstić information content (AvgIpc) is 2.61. The van der Waals surface area contributed by atoms with Crippen molar-refractivity contribution >= 4 is 21.4 Å². The molecule has 1 aliphatic heterocycles. The normalized spacial score (nSPS) is 18.0. The van der Waals surface area contributed by atoms with E-state index in [1.54, 1.807) is 19.2 Å². The van der Waals surface area contributed by atoms with Crippen molar-refractivity contribution in [1.29, 1.82) is 0 Å². The molecule has 5 nitrogen and oxygen atoms in total. The Bertz CT molecular complexity index is 852. The van der Waals surface area contributed by atoms with E-state index >= 15 is 0 Å². The second-order valence-electron chi connectivity index (χ2n) is 6.20. The zero-order valence-electron chi connectivity index (χ0n) is 14.3. The van der Waals surface area contributed by atoms with E-state index in [1.165, 1.54) is 0 Å². The lowest BCUT2D eigenvalue weighted by Gasteiger charge is -2.33. The molecule has 0 radical (unpaired) electrons. The molecule has 3 rings (SSSR count). The number of methoxy groups -OCH3 is 1. The highest BCUT2D eigenvalue weighted by Crippen LogP contribution is 2.24. The van der Waals surface area contributed by atoms with Gasteiger partial charge in [-0.3, -0.25) is 4.72 Å². The van der Waals surface area contributed by atoms with Crippen LogP contribution in [0.25, 0.3) is 0 Å². The van der Waals surface area contributed by atoms with Crippen LogP contribution >= 0.6 is 0 Å². The van der Waals surface area contributed by atoms with Crippen molar-refractivity contribution in [2.45, 2.75) is 23.8 Å². The van der Waals surface area contributed by atoms with E-state index in [0.717, 1.165) is 43.8 Å². The molecular weight excluding hydrogens is 362 g/mol. The standard InChI is InChI=1S/C18H20F2N2O3S/c1-25-17-3-2-8-22(12-17)16-6-4-15(5-7-16)21-26(23,24)18-10-13(19)9-14(20)11-18/h4-7,9-11,17,21H,2-3,8,12H2,1H3. The number of hydrogen-bond acceptors (Lipinski definition) is 4. The zero-order valence-corrected chi connectivity index (χ0v) is 15.1. The Morgan fingerprint density at radius 3 is 2.38 bits per heavy atom. The van der Waals surface area contributed by atoms with Crippen LogP contribution in [0, 0.1) is 11.6 Å². The summed E-state index contributed by atoms with van der Waals surface area (Å²) in [6.07, 6.45) is 2.23. The van der Waals surface area contributed by atoms with Crippen LogP contribution < -0.4 is 9.62 Å². The van der Waals surface area contributed by atoms with Gasteiger partial charge < -0.3 is 9.64 Å². The lowest BCUT2D eigenvalue weighted by Crippen LogP contribution is -2.39. The van der Waals surface area contributed by atoms with Gasteiger partial charge >= 0.3 is 0 Å². The van der Waals surface area contributed by atoms with Crippen LogP contribution in [0.5, 0.6) is 0 Å². The Labute approximate surface area is 151 Å². The summed E-state index contributed by atoms with van der Waals surface area (Å²) in [6.45, 7) is 1.69. The van der Waals surface area contributed by atoms with Gasteiger partial charge in [-0.2, -0.15) is 0 Å². The fraction of sp³-hybridized carbons (Fsp3) is 0.333. The molecule has 0 saturated carbocycles. The molecule has 1 unspecified atom stereocenters. The van der Waals surface area contributed by atoms with Crippen molar-refractivity contribution in [3.63, 3.8) is 0 Å². The molecule has 1 saturated heterocycles. The first-order chi connectivity index (χ1) is 12.4. The van der Waals surface area contributed by atoms with Crippen LogP contribution in [0.1, 0.15) is 12.8 Å². The molecule has 0 amide bonds. The molecule has 2 aromatic carbocycles. The third-order valence-electron chi connectivity index (χ3n) is 4.34. The van der Waals surface area contributed by atoms with E-state index in [0.29, 0.717) is 11.8 Å². The van der Waals surface area contributed by atoms with Crippen molar-refractivity contribution in [2.75, 3.05) is 29.8 Å². The molecule has 26 heavy (non-hydrogen) atoms. The summed E-state index contributed by atoms with van der Waals surface area (Å²) >= 11 is 0. The van der Waals surface area contributed by atoms with Gasteiger partial charge in [0.25, 0.3) is 10.0 Å². The summed E-state index contributed by atoms with van der Waals surface area (Å²) in [5.74, 6) is -1.89. The van der Waals surface area contributed by atoms with Crippen LogP contribution in [0.3, 0.4) is 0 Å². The highest BCUT2D eigenvalue weighted by molar-refractivity contribution is 7.92. The van der Waals surface area contributed by atoms with Gasteiger partial charge in [-0.25, -0.2) is 17.2 Å². The molecule has 1 fully saturated rings. The Morgan fingerprint density at radius 1 is 1.12 bits per heavy atom. The molecule has 0 spiro atoms. The van der Waals surface area contributed by atoms with Crippen molar-refractivity contribution in [3.8, 4) is 0 Å². The van der Waals surface area contributed by atoms with E-state index in [1.807, 2.05) is 12.1 Å². The third kappa shape index (κ3) is 4.31. The molecule has 2 aromatic rings. The van der Waals surface area contributed by atoms with Gasteiger partial charge in [-0.05, 0) is 49.2 Å². The Hall–Kier alpha value is -2.19. The second-order valence-corrected chi connectivity index (χ2v) is 7.89. The number of nitrogens with zero attached hydrogens (tertiary/aromatic N) is 1. The Balaban J connectivity index is 1.74. The van der Waals surface area contributed by atoms with E-state index in [9.17, 15) is 17.2 Å². The second kappa shape index (κ2) is 7.59. The highest BCUT2D eigenvalue weighted by Gasteiger charge is 2.20. The largest absolute Gasteiger partial charge is 0.380 e. The monoisotopic (exact) mass is 382 g/mol. The number of hydrogen-bond donors (Lipinski definition) is 1. The SMILES string of the molecule is COC1CCCN(c2ccc(NS(=O)(=O)c3cc(F)cc(F)c3)cc2)C1. The maximum Gasteiger partial charge on any atom is 0.262 e. The molecule has 0 aliphatic carbocycles. The average molecular weight is 382 g/mol. The van der Waals surface area contributed by atoms with Crippen molar-refractivity contribution in [1.82, 2.24) is 0 Å². The lowest BCUT2D eigenvalue weighted by atomic mass is 10.1. The molecule has 0 aromatic heterocycles. The fourth-order valence-electron chi connectivity index (χ4n) is 3.00. The van der Waals surface area contributed by atoms with Gasteiger partial charge in [0.15, 0.2) is 0 Å². The van der Waals surface area contributed by atoms with E-state index < -0.39 is 26.6 Å². The molecule has 1 heterocycles. The summed E-state index contributed by atoms with van der Waals surface area (Å²) < 4.78 is 58.9. The summed E-state index contributed by atoms with van der Waals surface area (Å²) in [5.41, 5.74) is 1.28. The fourth-order valence-corrected chi connectivity index (χ4v) is 4.10. The number of nitrogens with one attached hydrogen (secondary N) is 1. The van der Waals surface area contributed by atoms with Gasteiger partial charge in [0.1, 0.15) is 11.6 Å². The van der Waals surface area contributed by atoms with Crippen LogP contribution in [0.15, 0.2) is 47.4 Å². The molecule has 1 atom stereocenters. The van der Waals surface area contributed by atoms with Gasteiger partial charge in [0.05, 0.1) is 11.0 Å². The summed E-state index contributed by atoms with van der Waals surface area (Å²) in [5, 5.41) is 0. The number of ether oxygens (including phenoxy) is 1. The Morgan fingerprint density at radius 2 is 1.77 bits per heavy atom. The van der Waals surface area contributed by atoms with Crippen LogP contribution in [-0.2, 0) is 14.8 Å². The predicted octanol–water partition coefficient (Wildman–Crippen LogP) is 3.38. The minimum atomic E-state index is -4.07. The molecule has 1 aliphatic rings. The smallest absolute Gasteiger partial charge is 0.262 e. The van der Waals surface area contributed by atoms with E-state index in [4.69, 9.17) is 4.74 Å². The number of halogens is 2. The number of anilines is 2. The first-order valence-corrected chi connectivity index (χ1v) is 9.72. The van der Waals surface area contributed by atoms with Crippen LogP contribution in [0.4, 0.5) is 20.2 Å². The highest BCUT2D eigenvalue weighted by atomic mass is 32.2. The Kier molecular flexibility index (Phi) is 5.43. The maximum absolute atomic E-state index is 13.3. The minimum Gasteiger partial charge on any atom is -0.380 e. The molecule has 1 N–H and O–H groups in total. The topological polar surface area (TPSA) is 58.6 Å². The van der Waals surface area contributed by atoms with Crippen molar-refractivity contribution in [2.24, 2.45) is 0 Å². The summed E-state index contributed by atoms with van der Waals surface area (Å²) in [4.78, 5) is 1.72. The van der Waals surface area contributed by atoms with E-state index in [2.05, 4.69) is 9.62 Å². The van der Waals surface area contributed by atoms with Crippen molar-refractivity contribution in [3.05, 3.63) is 54.1 Å². The maximum atomic E-state index is 13.3. The number of rotatable bonds is 5. The van der Waals surface area contributed by atoms with Gasteiger partial charge in [-0.1, -0.05) is 0 Å². The van der Waals surface area contributed by atoms with Crippen LogP contribution in [-0.4, -0.2) is 34.7 Å². The number of benzene rings is 2. The molecular formula is C18H20F2N2O3S. The lowest BCUT2D eigenvalue weighted by molar-refractivity contribution is 0.0893. The summed E-state index contributed by atoms with van der Waals surface area (Å²) in [6, 6.07) is 9.04. The van der Waals surface area contributed by atoms with Gasteiger partial charge in [-0.15, -0.1) is 0 Å². The van der Waals surface area contributed by atoms with Crippen LogP contribution in [0.2, 0.25) is 0 Å². The predicted molar refractivity (Wildman–Crippen MR) is 95.9 cm³/mol. The third-order valence-corrected chi connectivity index (χ3v) is 5.70. The zero-order chi connectivity index (χ0) is 18.7. The quantitative estimate of drug-likeness (QED) is 0.861. The van der Waals surface area contributed by atoms with Crippen molar-refractivity contribution < 1.29 is 21.9 Å². The van der Waals surface area contributed by atoms with Gasteiger partial charge in [0, 0.05) is 37.6 Å². The number of piperidine rings is 1. The van der Waals surface area contributed by atoms with E-state index in [-0.39, 0.29) is 6.10 Å².